The van der Waals surface area contributed by atoms with E-state index in [1.54, 1.807) is 25.1 Å². The zero-order valence-electron chi connectivity index (χ0n) is 12.3. The van der Waals surface area contributed by atoms with Crippen molar-refractivity contribution in [3.05, 3.63) is 59.7 Å². The van der Waals surface area contributed by atoms with E-state index in [-0.39, 0.29) is 4.90 Å². The summed E-state index contributed by atoms with van der Waals surface area (Å²) in [5.74, 6) is 0. The fourth-order valence-corrected chi connectivity index (χ4v) is 3.24. The minimum atomic E-state index is -3.46. The summed E-state index contributed by atoms with van der Waals surface area (Å²) in [7, 11) is -3.46. The molecule has 0 heterocycles. The molecule has 0 radical (unpaired) electrons. The highest BCUT2D eigenvalue weighted by molar-refractivity contribution is 7.89. The maximum atomic E-state index is 12.2. The first-order valence-corrected chi connectivity index (χ1v) is 8.39. The van der Waals surface area contributed by atoms with Crippen LogP contribution in [0.15, 0.2) is 53.4 Å². The Balaban J connectivity index is 2.19. The predicted molar refractivity (Wildman–Crippen MR) is 85.8 cm³/mol. The molecule has 4 nitrogen and oxygen atoms in total. The minimum absolute atomic E-state index is 0.277. The van der Waals surface area contributed by atoms with Crippen LogP contribution >= 0.6 is 0 Å². The van der Waals surface area contributed by atoms with Gasteiger partial charge in [0.2, 0.25) is 10.0 Å². The first kappa shape index (κ1) is 15.5. The van der Waals surface area contributed by atoms with Crippen molar-refractivity contribution in [1.82, 2.24) is 4.72 Å². The Morgan fingerprint density at radius 3 is 2.33 bits per heavy atom. The summed E-state index contributed by atoms with van der Waals surface area (Å²) < 4.78 is 26.8. The Morgan fingerprint density at radius 1 is 1.00 bits per heavy atom. The lowest BCUT2D eigenvalue weighted by molar-refractivity contribution is 0.584. The van der Waals surface area contributed by atoms with E-state index >= 15 is 0 Å². The normalized spacial score (nSPS) is 11.3. The van der Waals surface area contributed by atoms with Gasteiger partial charge in [-0.3, -0.25) is 0 Å². The van der Waals surface area contributed by atoms with E-state index in [4.69, 9.17) is 0 Å². The summed E-state index contributed by atoms with van der Waals surface area (Å²) in [4.78, 5) is 0.277. The van der Waals surface area contributed by atoms with Gasteiger partial charge in [-0.1, -0.05) is 48.9 Å². The van der Waals surface area contributed by atoms with Gasteiger partial charge in [-0.15, -0.1) is 0 Å². The molecular formula is C16H20N2O2S. The summed E-state index contributed by atoms with van der Waals surface area (Å²) in [6.45, 7) is 4.75. The van der Waals surface area contributed by atoms with Gasteiger partial charge in [0.25, 0.3) is 0 Å². The number of hydrogen-bond acceptors (Lipinski definition) is 3. The smallest absolute Gasteiger partial charge is 0.242 e. The molecule has 0 saturated heterocycles. The van der Waals surface area contributed by atoms with Gasteiger partial charge in [-0.25, -0.2) is 13.1 Å². The maximum absolute atomic E-state index is 12.2. The van der Waals surface area contributed by atoms with Gasteiger partial charge < -0.3 is 5.32 Å². The van der Waals surface area contributed by atoms with Crippen LogP contribution in [0.3, 0.4) is 0 Å². The molecule has 0 aliphatic heterocycles. The number of nitrogens with one attached hydrogen (secondary N) is 2. The summed E-state index contributed by atoms with van der Waals surface area (Å²) >= 11 is 0. The fraction of sp³-hybridized carbons (Fsp3) is 0.250. The molecular weight excluding hydrogens is 284 g/mol. The molecule has 0 saturated carbocycles. The van der Waals surface area contributed by atoms with Gasteiger partial charge >= 0.3 is 0 Å². The number of benzene rings is 2. The molecule has 0 aliphatic carbocycles. The van der Waals surface area contributed by atoms with Crippen LogP contribution in [0, 0.1) is 6.92 Å². The van der Waals surface area contributed by atoms with Crippen molar-refractivity contribution >= 4 is 15.7 Å². The van der Waals surface area contributed by atoms with Crippen LogP contribution in [0.1, 0.15) is 18.1 Å². The molecule has 0 fully saturated rings. The number of para-hydroxylation sites is 1. The van der Waals surface area contributed by atoms with E-state index in [1.807, 2.05) is 37.3 Å². The highest BCUT2D eigenvalue weighted by Crippen LogP contribution is 2.21. The van der Waals surface area contributed by atoms with Gasteiger partial charge in [-0.2, -0.15) is 0 Å². The second kappa shape index (κ2) is 6.74. The maximum Gasteiger partial charge on any atom is 0.242 e. The van der Waals surface area contributed by atoms with Crippen LogP contribution < -0.4 is 10.0 Å². The largest absolute Gasteiger partial charge is 0.380 e. The second-order valence-corrected chi connectivity index (χ2v) is 6.57. The lowest BCUT2D eigenvalue weighted by atomic mass is 10.1. The Kier molecular flexibility index (Phi) is 4.98. The molecule has 0 aliphatic rings. The number of aryl methyl sites for hydroxylation is 1. The van der Waals surface area contributed by atoms with Crippen LogP contribution in [0.25, 0.3) is 0 Å². The highest BCUT2D eigenvalue weighted by atomic mass is 32.2. The van der Waals surface area contributed by atoms with E-state index in [1.165, 1.54) is 5.56 Å². The van der Waals surface area contributed by atoms with Crippen molar-refractivity contribution in [1.29, 1.82) is 0 Å². The molecule has 0 aromatic heterocycles. The van der Waals surface area contributed by atoms with Crippen molar-refractivity contribution in [2.45, 2.75) is 25.3 Å². The van der Waals surface area contributed by atoms with Gasteiger partial charge in [0.1, 0.15) is 4.90 Å². The quantitative estimate of drug-likeness (QED) is 0.862. The van der Waals surface area contributed by atoms with E-state index in [0.717, 1.165) is 5.56 Å². The topological polar surface area (TPSA) is 58.2 Å². The van der Waals surface area contributed by atoms with Gasteiger partial charge in [0.05, 0.1) is 5.69 Å². The molecule has 0 amide bonds. The van der Waals surface area contributed by atoms with Crippen LogP contribution in [0.5, 0.6) is 0 Å². The lowest BCUT2D eigenvalue weighted by Crippen LogP contribution is -2.24. The lowest BCUT2D eigenvalue weighted by Gasteiger charge is -2.12. The standard InChI is InChI=1S/C16H20N2O2S/c1-3-18-21(19,20)16-7-5-4-6-15(16)17-12-14-10-8-13(2)9-11-14/h4-11,17-18H,3,12H2,1-2H3. The predicted octanol–water partition coefficient (Wildman–Crippen LogP) is 2.91. The summed E-state index contributed by atoms with van der Waals surface area (Å²) in [5.41, 5.74) is 2.92. The zero-order valence-corrected chi connectivity index (χ0v) is 13.1. The Bertz CT molecular complexity index is 694. The number of anilines is 1. The van der Waals surface area contributed by atoms with Crippen molar-refractivity contribution < 1.29 is 8.42 Å². The molecule has 112 valence electrons. The average molecular weight is 304 g/mol. The highest BCUT2D eigenvalue weighted by Gasteiger charge is 2.16. The molecule has 21 heavy (non-hydrogen) atoms. The summed E-state index contributed by atoms with van der Waals surface area (Å²) in [6.07, 6.45) is 0. The minimum Gasteiger partial charge on any atom is -0.380 e. The summed E-state index contributed by atoms with van der Waals surface area (Å²) in [5, 5.41) is 3.19. The zero-order chi connectivity index (χ0) is 15.3. The van der Waals surface area contributed by atoms with Gasteiger partial charge in [0, 0.05) is 13.1 Å². The Labute approximate surface area is 126 Å². The molecule has 0 bridgehead atoms. The van der Waals surface area contributed by atoms with Crippen LogP contribution in [-0.4, -0.2) is 15.0 Å². The van der Waals surface area contributed by atoms with Crippen molar-refractivity contribution in [2.75, 3.05) is 11.9 Å². The molecule has 2 N–H and O–H groups in total. The SMILES string of the molecule is CCNS(=O)(=O)c1ccccc1NCc1ccc(C)cc1. The Morgan fingerprint density at radius 2 is 1.67 bits per heavy atom. The Hall–Kier alpha value is -1.85. The third-order valence-corrected chi connectivity index (χ3v) is 4.72. The molecule has 5 heteroatoms. The number of rotatable bonds is 6. The van der Waals surface area contributed by atoms with E-state index in [2.05, 4.69) is 10.0 Å². The molecule has 0 spiro atoms. The third-order valence-electron chi connectivity index (χ3n) is 3.11. The fourth-order valence-electron chi connectivity index (χ4n) is 2.02. The van der Waals surface area contributed by atoms with Crippen molar-refractivity contribution in [3.8, 4) is 0 Å². The molecule has 2 rings (SSSR count). The number of hydrogen-bond donors (Lipinski definition) is 2. The summed E-state index contributed by atoms with van der Waals surface area (Å²) in [6, 6.07) is 15.1. The van der Waals surface area contributed by atoms with Crippen LogP contribution in [0.2, 0.25) is 0 Å². The number of sulfonamides is 1. The second-order valence-electron chi connectivity index (χ2n) is 4.84. The van der Waals surface area contributed by atoms with E-state index in [9.17, 15) is 8.42 Å². The first-order valence-electron chi connectivity index (χ1n) is 6.91. The molecule has 2 aromatic carbocycles. The van der Waals surface area contributed by atoms with Crippen LogP contribution in [-0.2, 0) is 16.6 Å². The van der Waals surface area contributed by atoms with E-state index < -0.39 is 10.0 Å². The van der Waals surface area contributed by atoms with Crippen molar-refractivity contribution in [2.24, 2.45) is 0 Å². The molecule has 0 unspecified atom stereocenters. The average Bonchev–Trinajstić information content (AvgIpc) is 2.47. The van der Waals surface area contributed by atoms with Gasteiger partial charge in [0.15, 0.2) is 0 Å². The third kappa shape index (κ3) is 4.06. The van der Waals surface area contributed by atoms with Crippen LogP contribution in [0.4, 0.5) is 5.69 Å². The molecule has 0 atom stereocenters. The van der Waals surface area contributed by atoms with Gasteiger partial charge in [-0.05, 0) is 24.6 Å². The van der Waals surface area contributed by atoms with Crippen molar-refractivity contribution in [3.63, 3.8) is 0 Å². The monoisotopic (exact) mass is 304 g/mol. The molecule has 2 aromatic rings. The first-order chi connectivity index (χ1) is 10.0. The van der Waals surface area contributed by atoms with E-state index in [0.29, 0.717) is 18.8 Å².